The van der Waals surface area contributed by atoms with Crippen molar-refractivity contribution in [3.05, 3.63) is 89.6 Å². The maximum absolute atomic E-state index is 10.2. The smallest absolute Gasteiger partial charge is 0.238 e. The summed E-state index contributed by atoms with van der Waals surface area (Å²) in [4.78, 5) is 4.69. The van der Waals surface area contributed by atoms with E-state index in [-0.39, 0.29) is 5.88 Å². The predicted octanol–water partition coefficient (Wildman–Crippen LogP) is 7.05. The topological polar surface area (TPSA) is 72.7 Å². The van der Waals surface area contributed by atoms with Gasteiger partial charge in [-0.3, -0.25) is 0 Å². The van der Waals surface area contributed by atoms with Crippen LogP contribution in [0.1, 0.15) is 16.8 Å². The third-order valence-electron chi connectivity index (χ3n) is 6.49. The van der Waals surface area contributed by atoms with E-state index in [0.717, 1.165) is 44.8 Å². The summed E-state index contributed by atoms with van der Waals surface area (Å²) in [7, 11) is 5.28. The van der Waals surface area contributed by atoms with Crippen LogP contribution < -0.4 is 9.47 Å². The summed E-state index contributed by atoms with van der Waals surface area (Å²) >= 11 is 0. The summed E-state index contributed by atoms with van der Waals surface area (Å²) in [6.07, 6.45) is 1.78. The van der Waals surface area contributed by atoms with Gasteiger partial charge in [0.05, 0.1) is 14.2 Å². The number of nitriles is 1. The zero-order chi connectivity index (χ0) is 25.2. The first kappa shape index (κ1) is 23.0. The molecule has 3 aromatic carbocycles. The lowest BCUT2D eigenvalue weighted by Gasteiger charge is -2.06. The lowest BCUT2D eigenvalue weighted by Crippen LogP contribution is -1.91. The Morgan fingerprint density at radius 2 is 1.50 bits per heavy atom. The SMILES string of the molecule is COc1ccc(-c2oc(N=Cc3c(C)n(C)c4ccccc34)c(C#N)c2-c2ccc(OC)cc2)cc1. The van der Waals surface area contributed by atoms with Crippen LogP contribution in [-0.4, -0.2) is 25.0 Å². The second-order valence-corrected chi connectivity index (χ2v) is 8.39. The fourth-order valence-electron chi connectivity index (χ4n) is 4.43. The Labute approximate surface area is 209 Å². The maximum Gasteiger partial charge on any atom is 0.238 e. The molecule has 0 aliphatic rings. The Morgan fingerprint density at radius 1 is 0.889 bits per heavy atom. The number of hydrogen-bond donors (Lipinski definition) is 0. The Hall–Kier alpha value is -4.76. The number of fused-ring (bicyclic) bond motifs is 1. The van der Waals surface area contributed by atoms with E-state index in [1.54, 1.807) is 20.4 Å². The Balaban J connectivity index is 1.69. The molecule has 0 atom stereocenters. The van der Waals surface area contributed by atoms with Crippen molar-refractivity contribution in [1.29, 1.82) is 5.26 Å². The molecule has 0 radical (unpaired) electrons. The van der Waals surface area contributed by atoms with E-state index in [1.165, 1.54) is 0 Å². The zero-order valence-corrected chi connectivity index (χ0v) is 20.6. The monoisotopic (exact) mass is 475 g/mol. The first-order valence-corrected chi connectivity index (χ1v) is 11.5. The minimum Gasteiger partial charge on any atom is -0.497 e. The van der Waals surface area contributed by atoms with Gasteiger partial charge in [-0.2, -0.15) is 5.26 Å². The van der Waals surface area contributed by atoms with Crippen molar-refractivity contribution < 1.29 is 13.9 Å². The van der Waals surface area contributed by atoms with E-state index in [4.69, 9.17) is 18.9 Å². The number of benzene rings is 3. The van der Waals surface area contributed by atoms with Crippen LogP contribution in [0.2, 0.25) is 0 Å². The van der Waals surface area contributed by atoms with Crippen LogP contribution >= 0.6 is 0 Å². The molecule has 2 heterocycles. The lowest BCUT2D eigenvalue weighted by molar-refractivity contribution is 0.414. The summed E-state index contributed by atoms with van der Waals surface area (Å²) < 4.78 is 19.0. The summed E-state index contributed by atoms with van der Waals surface area (Å²) in [5.74, 6) is 2.31. The van der Waals surface area contributed by atoms with Gasteiger partial charge in [-0.1, -0.05) is 30.3 Å². The summed E-state index contributed by atoms with van der Waals surface area (Å²) in [6.45, 7) is 2.06. The van der Waals surface area contributed by atoms with Crippen molar-refractivity contribution in [1.82, 2.24) is 4.57 Å². The summed E-state index contributed by atoms with van der Waals surface area (Å²) in [5.41, 5.74) is 5.91. The molecule has 0 aliphatic heterocycles. The van der Waals surface area contributed by atoms with Crippen molar-refractivity contribution in [3.8, 4) is 40.0 Å². The van der Waals surface area contributed by atoms with Gasteiger partial charge < -0.3 is 18.5 Å². The highest BCUT2D eigenvalue weighted by Gasteiger charge is 2.23. The number of nitrogens with zero attached hydrogens (tertiary/aromatic N) is 3. The molecule has 0 amide bonds. The molecule has 0 saturated carbocycles. The van der Waals surface area contributed by atoms with Crippen molar-refractivity contribution in [2.75, 3.05) is 14.2 Å². The molecule has 6 nitrogen and oxygen atoms in total. The standard InChI is InChI=1S/C30H25N3O3/c1-19-26(24-7-5-6-8-27(24)33(19)2)18-32-30-25(17-31)28(20-9-13-22(34-3)14-10-20)29(36-30)21-11-15-23(35-4)16-12-21/h5-16,18H,1-4H3. The average Bonchev–Trinajstić information content (AvgIpc) is 3.42. The van der Waals surface area contributed by atoms with Gasteiger partial charge >= 0.3 is 0 Å². The molecule has 178 valence electrons. The molecule has 0 saturated heterocycles. The molecular weight excluding hydrogens is 450 g/mol. The first-order valence-electron chi connectivity index (χ1n) is 11.5. The van der Waals surface area contributed by atoms with Gasteiger partial charge in [0, 0.05) is 46.5 Å². The number of para-hydroxylation sites is 1. The van der Waals surface area contributed by atoms with E-state index in [1.807, 2.05) is 67.7 Å². The van der Waals surface area contributed by atoms with Crippen molar-refractivity contribution in [2.45, 2.75) is 6.92 Å². The lowest BCUT2D eigenvalue weighted by atomic mass is 9.98. The highest BCUT2D eigenvalue weighted by Crippen LogP contribution is 2.43. The first-order chi connectivity index (χ1) is 17.5. The van der Waals surface area contributed by atoms with E-state index >= 15 is 0 Å². The number of methoxy groups -OCH3 is 2. The highest BCUT2D eigenvalue weighted by molar-refractivity contribution is 6.02. The number of furan rings is 1. The fraction of sp³-hybridized carbons (Fsp3) is 0.133. The van der Waals surface area contributed by atoms with Crippen LogP contribution in [0, 0.1) is 18.3 Å². The molecule has 0 bridgehead atoms. The Kier molecular flexibility index (Phi) is 6.05. The average molecular weight is 476 g/mol. The molecule has 6 heteroatoms. The quantitative estimate of drug-likeness (QED) is 0.247. The minimum atomic E-state index is 0.265. The van der Waals surface area contributed by atoms with Crippen LogP contribution in [0.4, 0.5) is 5.88 Å². The molecule has 5 rings (SSSR count). The van der Waals surface area contributed by atoms with Gasteiger partial charge in [-0.05, 0) is 55.0 Å². The summed E-state index contributed by atoms with van der Waals surface area (Å²) in [5, 5.41) is 11.3. The molecular formula is C30H25N3O3. The molecule has 36 heavy (non-hydrogen) atoms. The number of aryl methyl sites for hydroxylation is 1. The van der Waals surface area contributed by atoms with Crippen LogP contribution in [0.25, 0.3) is 33.4 Å². The van der Waals surface area contributed by atoms with E-state index in [2.05, 4.69) is 29.7 Å². The maximum atomic E-state index is 10.2. The largest absolute Gasteiger partial charge is 0.497 e. The molecule has 0 fully saturated rings. The van der Waals surface area contributed by atoms with Gasteiger partial charge in [-0.15, -0.1) is 0 Å². The summed E-state index contributed by atoms with van der Waals surface area (Å²) in [6, 6.07) is 25.6. The molecule has 0 aliphatic carbocycles. The number of rotatable bonds is 6. The van der Waals surface area contributed by atoms with Crippen LogP contribution in [0.3, 0.4) is 0 Å². The highest BCUT2D eigenvalue weighted by atomic mass is 16.5. The molecule has 2 aromatic heterocycles. The number of ether oxygens (including phenoxy) is 2. The zero-order valence-electron chi connectivity index (χ0n) is 20.6. The van der Waals surface area contributed by atoms with Gasteiger partial charge in [0.15, 0.2) is 0 Å². The minimum absolute atomic E-state index is 0.265. The predicted molar refractivity (Wildman–Crippen MR) is 142 cm³/mol. The number of aromatic nitrogens is 1. The third kappa shape index (κ3) is 3.91. The molecule has 5 aromatic rings. The van der Waals surface area contributed by atoms with Crippen LogP contribution in [0.5, 0.6) is 11.5 Å². The van der Waals surface area contributed by atoms with E-state index < -0.39 is 0 Å². The van der Waals surface area contributed by atoms with Gasteiger partial charge in [0.2, 0.25) is 5.88 Å². The molecule has 0 spiro atoms. The number of aliphatic imine (C=N–C) groups is 1. The van der Waals surface area contributed by atoms with Gasteiger partial charge in [0.25, 0.3) is 0 Å². The van der Waals surface area contributed by atoms with Crippen LogP contribution in [-0.2, 0) is 7.05 Å². The van der Waals surface area contributed by atoms with Crippen molar-refractivity contribution in [3.63, 3.8) is 0 Å². The van der Waals surface area contributed by atoms with E-state index in [0.29, 0.717) is 16.9 Å². The second-order valence-electron chi connectivity index (χ2n) is 8.39. The molecule has 0 unspecified atom stereocenters. The third-order valence-corrected chi connectivity index (χ3v) is 6.49. The van der Waals surface area contributed by atoms with Gasteiger partial charge in [0.1, 0.15) is 28.9 Å². The fourth-order valence-corrected chi connectivity index (χ4v) is 4.43. The second kappa shape index (κ2) is 9.47. The van der Waals surface area contributed by atoms with E-state index in [9.17, 15) is 5.26 Å². The van der Waals surface area contributed by atoms with Crippen molar-refractivity contribution >= 4 is 23.0 Å². The molecule has 0 N–H and O–H groups in total. The Bertz CT molecular complexity index is 1620. The normalized spacial score (nSPS) is 11.2. The van der Waals surface area contributed by atoms with Crippen molar-refractivity contribution in [2.24, 2.45) is 12.0 Å². The Morgan fingerprint density at radius 3 is 2.11 bits per heavy atom. The van der Waals surface area contributed by atoms with Gasteiger partial charge in [-0.25, -0.2) is 4.99 Å². The number of hydrogen-bond acceptors (Lipinski definition) is 5. The van der Waals surface area contributed by atoms with Crippen LogP contribution in [0.15, 0.2) is 82.2 Å².